The molecule has 2 amide bonds. The number of esters is 1. The van der Waals surface area contributed by atoms with Crippen LogP contribution < -0.4 is 16.0 Å². The van der Waals surface area contributed by atoms with E-state index in [0.717, 1.165) is 77.2 Å². The van der Waals surface area contributed by atoms with Gasteiger partial charge in [0, 0.05) is 29.2 Å². The minimum Gasteiger partial charge on any atom is -0.478 e. The maximum Gasteiger partial charge on any atom is 0.341 e. The molecule has 3 heterocycles. The van der Waals surface area contributed by atoms with Crippen molar-refractivity contribution in [2.45, 2.75) is 71.6 Å². The average molecular weight is 551 g/mol. The Morgan fingerprint density at radius 3 is 2.51 bits per heavy atom. The molecule has 0 radical (unpaired) electrons. The zero-order chi connectivity index (χ0) is 27.7. The highest BCUT2D eigenvalue weighted by molar-refractivity contribution is 7.17. The summed E-state index contributed by atoms with van der Waals surface area (Å²) in [5.74, 6) is -1.38. The number of benzene rings is 1. The second kappa shape index (κ2) is 10.9. The molecule has 0 atom stereocenters. The molecule has 2 aliphatic rings. The minimum absolute atomic E-state index is 0.218. The molecule has 39 heavy (non-hydrogen) atoms. The number of rotatable bonds is 6. The van der Waals surface area contributed by atoms with Gasteiger partial charge in [0.2, 0.25) is 0 Å². The molecule has 206 valence electrons. The topological polar surface area (TPSA) is 133 Å². The number of ether oxygens (including phenoxy) is 1. The van der Waals surface area contributed by atoms with E-state index in [-0.39, 0.29) is 12.1 Å². The van der Waals surface area contributed by atoms with Gasteiger partial charge >= 0.3 is 18.0 Å². The number of aromatic amines is 1. The Bertz CT molecular complexity index is 1410. The molecule has 1 aliphatic carbocycles. The molecule has 5 N–H and O–H groups in total. The standard InChI is InChI=1S/C29H34N4O5S/c1-29(2,3)38-27(36)23-19-6-4-5-7-22(19)39-25(23)33-28(37)31-14-20-18-12-13-30-15-21(18)32-24(20)16-8-10-17(11-9-16)26(34)35/h8-11,30,32H,4-7,12-15H2,1-3H3,(H,34,35)(H2,31,33,37). The van der Waals surface area contributed by atoms with Gasteiger partial charge in [-0.2, -0.15) is 0 Å². The number of H-pyrrole nitrogens is 1. The molecule has 5 rings (SSSR count). The first kappa shape index (κ1) is 27.0. The summed E-state index contributed by atoms with van der Waals surface area (Å²) >= 11 is 1.46. The number of hydrogen-bond donors (Lipinski definition) is 5. The molecule has 3 aromatic rings. The Morgan fingerprint density at radius 1 is 1.05 bits per heavy atom. The number of fused-ring (bicyclic) bond motifs is 2. The second-order valence-electron chi connectivity index (χ2n) is 11.0. The predicted molar refractivity (Wildman–Crippen MR) is 151 cm³/mol. The number of aryl methyl sites for hydroxylation is 1. The normalized spacial score (nSPS) is 14.7. The molecular weight excluding hydrogens is 516 g/mol. The van der Waals surface area contributed by atoms with Gasteiger partial charge in [-0.15, -0.1) is 11.3 Å². The fourth-order valence-electron chi connectivity index (χ4n) is 5.25. The summed E-state index contributed by atoms with van der Waals surface area (Å²) in [7, 11) is 0. The lowest BCUT2D eigenvalue weighted by Crippen LogP contribution is -2.30. The number of anilines is 1. The Balaban J connectivity index is 1.38. The van der Waals surface area contributed by atoms with Gasteiger partial charge in [-0.1, -0.05) is 12.1 Å². The van der Waals surface area contributed by atoms with E-state index < -0.39 is 23.6 Å². The summed E-state index contributed by atoms with van der Waals surface area (Å²) in [6.07, 6.45) is 4.59. The predicted octanol–water partition coefficient (Wildman–Crippen LogP) is 5.24. The van der Waals surface area contributed by atoms with E-state index in [9.17, 15) is 19.5 Å². The number of aromatic carboxylic acids is 1. The summed E-state index contributed by atoms with van der Waals surface area (Å²) in [4.78, 5) is 42.2. The van der Waals surface area contributed by atoms with Crippen molar-refractivity contribution < 1.29 is 24.2 Å². The third-order valence-electron chi connectivity index (χ3n) is 7.01. The molecule has 0 fully saturated rings. The highest BCUT2D eigenvalue weighted by Crippen LogP contribution is 2.39. The van der Waals surface area contributed by atoms with Crippen LogP contribution in [0.3, 0.4) is 0 Å². The molecule has 2 aromatic heterocycles. The molecule has 0 bridgehead atoms. The van der Waals surface area contributed by atoms with Gasteiger partial charge in [0.25, 0.3) is 0 Å². The van der Waals surface area contributed by atoms with E-state index in [1.54, 1.807) is 24.3 Å². The van der Waals surface area contributed by atoms with Crippen LogP contribution in [0.4, 0.5) is 9.80 Å². The number of urea groups is 1. The van der Waals surface area contributed by atoms with Gasteiger partial charge in [-0.25, -0.2) is 14.4 Å². The molecule has 0 spiro atoms. The molecule has 0 unspecified atom stereocenters. The van der Waals surface area contributed by atoms with Crippen LogP contribution >= 0.6 is 11.3 Å². The third-order valence-corrected chi connectivity index (χ3v) is 8.21. The Hall–Kier alpha value is -3.63. The van der Waals surface area contributed by atoms with E-state index in [1.165, 1.54) is 11.3 Å². The highest BCUT2D eigenvalue weighted by Gasteiger charge is 2.30. The number of thiophene rings is 1. The Morgan fingerprint density at radius 2 is 1.79 bits per heavy atom. The lowest BCUT2D eigenvalue weighted by atomic mass is 9.95. The number of nitrogens with one attached hydrogen (secondary N) is 4. The van der Waals surface area contributed by atoms with Crippen LogP contribution in [0.25, 0.3) is 11.3 Å². The number of carbonyl (C=O) groups excluding carboxylic acids is 2. The summed E-state index contributed by atoms with van der Waals surface area (Å²) in [5, 5.41) is 19.1. The molecule has 9 nitrogen and oxygen atoms in total. The molecule has 0 saturated carbocycles. The SMILES string of the molecule is CC(C)(C)OC(=O)c1c(NC(=O)NCc2c(-c3ccc(C(=O)O)cc3)[nH]c3c2CCNC3)sc2c1CCCC2. The van der Waals surface area contributed by atoms with Crippen molar-refractivity contribution in [3.05, 3.63) is 62.7 Å². The second-order valence-corrected chi connectivity index (χ2v) is 12.1. The summed E-state index contributed by atoms with van der Waals surface area (Å²) < 4.78 is 5.69. The number of carbonyl (C=O) groups is 3. The largest absolute Gasteiger partial charge is 0.478 e. The van der Waals surface area contributed by atoms with Crippen molar-refractivity contribution in [3.63, 3.8) is 0 Å². The van der Waals surface area contributed by atoms with E-state index in [2.05, 4.69) is 20.9 Å². The zero-order valence-electron chi connectivity index (χ0n) is 22.5. The molecule has 10 heteroatoms. The van der Waals surface area contributed by atoms with E-state index in [1.807, 2.05) is 20.8 Å². The first-order chi connectivity index (χ1) is 18.6. The number of amides is 2. The average Bonchev–Trinajstić information content (AvgIpc) is 3.44. The van der Waals surface area contributed by atoms with Gasteiger partial charge in [-0.3, -0.25) is 5.32 Å². The van der Waals surface area contributed by atoms with Crippen LogP contribution in [0, 0.1) is 0 Å². The first-order valence-corrected chi connectivity index (χ1v) is 14.1. The van der Waals surface area contributed by atoms with E-state index >= 15 is 0 Å². The maximum atomic E-state index is 13.2. The van der Waals surface area contributed by atoms with Crippen molar-refractivity contribution in [1.29, 1.82) is 0 Å². The van der Waals surface area contributed by atoms with Crippen molar-refractivity contribution in [2.75, 3.05) is 11.9 Å². The van der Waals surface area contributed by atoms with Crippen LogP contribution in [-0.4, -0.2) is 40.2 Å². The molecule has 0 saturated heterocycles. The van der Waals surface area contributed by atoms with Gasteiger partial charge in [0.15, 0.2) is 0 Å². The number of carboxylic acid groups (broad SMARTS) is 1. The third kappa shape index (κ3) is 5.86. The number of hydrogen-bond acceptors (Lipinski definition) is 6. The maximum absolute atomic E-state index is 13.2. The van der Waals surface area contributed by atoms with Gasteiger partial charge in [-0.05, 0) is 88.2 Å². The smallest absolute Gasteiger partial charge is 0.341 e. The Labute approximate surface area is 231 Å². The summed E-state index contributed by atoms with van der Waals surface area (Å²) in [6.45, 7) is 7.32. The van der Waals surface area contributed by atoms with Crippen LogP contribution in [0.5, 0.6) is 0 Å². The van der Waals surface area contributed by atoms with E-state index in [0.29, 0.717) is 17.1 Å². The van der Waals surface area contributed by atoms with E-state index in [4.69, 9.17) is 4.74 Å². The van der Waals surface area contributed by atoms with Gasteiger partial charge in [0.05, 0.1) is 16.8 Å². The number of carboxylic acids is 1. The van der Waals surface area contributed by atoms with Crippen LogP contribution in [0.15, 0.2) is 24.3 Å². The fourth-order valence-corrected chi connectivity index (χ4v) is 6.52. The van der Waals surface area contributed by atoms with Gasteiger partial charge in [0.1, 0.15) is 10.6 Å². The summed E-state index contributed by atoms with van der Waals surface area (Å²) in [6, 6.07) is 6.32. The lowest BCUT2D eigenvalue weighted by Gasteiger charge is -2.21. The van der Waals surface area contributed by atoms with Crippen molar-refractivity contribution in [3.8, 4) is 11.3 Å². The summed E-state index contributed by atoms with van der Waals surface area (Å²) in [5.41, 5.74) is 5.96. The van der Waals surface area contributed by atoms with Crippen molar-refractivity contribution in [1.82, 2.24) is 15.6 Å². The lowest BCUT2D eigenvalue weighted by molar-refractivity contribution is 0.00696. The molecule has 1 aromatic carbocycles. The van der Waals surface area contributed by atoms with Crippen molar-refractivity contribution >= 4 is 34.3 Å². The first-order valence-electron chi connectivity index (χ1n) is 13.3. The van der Waals surface area contributed by atoms with Crippen LogP contribution in [0.1, 0.15) is 81.6 Å². The zero-order valence-corrected chi connectivity index (χ0v) is 23.3. The minimum atomic E-state index is -0.976. The Kier molecular flexibility index (Phi) is 7.51. The fraction of sp³-hybridized carbons (Fsp3) is 0.414. The molecule has 1 aliphatic heterocycles. The van der Waals surface area contributed by atoms with Crippen LogP contribution in [-0.2, 0) is 37.1 Å². The van der Waals surface area contributed by atoms with Crippen molar-refractivity contribution in [2.24, 2.45) is 0 Å². The highest BCUT2D eigenvalue weighted by atomic mass is 32.1. The quantitative estimate of drug-likeness (QED) is 0.267. The van der Waals surface area contributed by atoms with Crippen LogP contribution in [0.2, 0.25) is 0 Å². The van der Waals surface area contributed by atoms with Gasteiger partial charge < -0.3 is 25.5 Å². The molecular formula is C29H34N4O5S. The number of aromatic nitrogens is 1. The monoisotopic (exact) mass is 550 g/mol.